The van der Waals surface area contributed by atoms with Gasteiger partial charge in [0.05, 0.1) is 16.9 Å². The van der Waals surface area contributed by atoms with Crippen molar-refractivity contribution >= 4 is 11.5 Å². The van der Waals surface area contributed by atoms with Crippen LogP contribution in [0.4, 0.5) is 5.69 Å². The minimum atomic E-state index is 0.130. The van der Waals surface area contributed by atoms with E-state index in [2.05, 4.69) is 29.0 Å². The summed E-state index contributed by atoms with van der Waals surface area (Å²) in [5.41, 5.74) is 9.38. The average molecular weight is 290 g/mol. The number of pyridine rings is 1. The van der Waals surface area contributed by atoms with Gasteiger partial charge in [0.15, 0.2) is 5.84 Å². The van der Waals surface area contributed by atoms with Crippen LogP contribution in [0.1, 0.15) is 49.6 Å². The first kappa shape index (κ1) is 15.6. The van der Waals surface area contributed by atoms with E-state index in [0.29, 0.717) is 12.0 Å². The van der Waals surface area contributed by atoms with Gasteiger partial charge in [-0.15, -0.1) is 0 Å². The Hall–Kier alpha value is -1.78. The Balaban J connectivity index is 2.46. The lowest BCUT2D eigenvalue weighted by atomic mass is 9.84. The molecule has 1 aliphatic rings. The van der Waals surface area contributed by atoms with E-state index in [-0.39, 0.29) is 5.84 Å². The molecule has 2 atom stereocenters. The molecule has 5 heteroatoms. The van der Waals surface area contributed by atoms with Crippen molar-refractivity contribution in [1.29, 1.82) is 0 Å². The predicted molar refractivity (Wildman–Crippen MR) is 86.0 cm³/mol. The van der Waals surface area contributed by atoms with Gasteiger partial charge < -0.3 is 15.8 Å². The molecule has 1 aromatic heterocycles. The average Bonchev–Trinajstić information content (AvgIpc) is 2.45. The summed E-state index contributed by atoms with van der Waals surface area (Å²) < 4.78 is 0. The SMILES string of the molecule is Cc1cc(N(C)C2CCCCC2C)c(/C(N)=N/O)c(C)n1. The van der Waals surface area contributed by atoms with Crippen LogP contribution in [0.15, 0.2) is 11.2 Å². The standard InChI is InChI=1S/C16H26N4O/c1-10-7-5-6-8-13(10)20(4)14-9-11(2)18-12(3)15(14)16(17)19-21/h9-10,13,21H,5-8H2,1-4H3,(H2,17,19). The van der Waals surface area contributed by atoms with Crippen molar-refractivity contribution in [2.45, 2.75) is 52.5 Å². The molecule has 3 N–H and O–H groups in total. The molecular weight excluding hydrogens is 264 g/mol. The zero-order chi connectivity index (χ0) is 15.6. The molecule has 1 saturated carbocycles. The summed E-state index contributed by atoms with van der Waals surface area (Å²) in [6.45, 7) is 6.19. The van der Waals surface area contributed by atoms with E-state index in [0.717, 1.165) is 22.6 Å². The first-order valence-electron chi connectivity index (χ1n) is 7.64. The molecule has 1 fully saturated rings. The van der Waals surface area contributed by atoms with Crippen LogP contribution in [0.25, 0.3) is 0 Å². The summed E-state index contributed by atoms with van der Waals surface area (Å²) in [5.74, 6) is 0.781. The number of amidine groups is 1. The highest BCUT2D eigenvalue weighted by Crippen LogP contribution is 2.33. The number of aromatic nitrogens is 1. The van der Waals surface area contributed by atoms with Crippen molar-refractivity contribution < 1.29 is 5.21 Å². The van der Waals surface area contributed by atoms with Gasteiger partial charge in [-0.25, -0.2) is 0 Å². The third-order valence-corrected chi connectivity index (χ3v) is 4.62. The van der Waals surface area contributed by atoms with Crippen molar-refractivity contribution in [3.8, 4) is 0 Å². The lowest BCUT2D eigenvalue weighted by Crippen LogP contribution is -2.40. The number of nitrogens with zero attached hydrogens (tertiary/aromatic N) is 3. The third kappa shape index (κ3) is 3.12. The molecule has 0 radical (unpaired) electrons. The molecule has 2 unspecified atom stereocenters. The van der Waals surface area contributed by atoms with Crippen LogP contribution in [0.3, 0.4) is 0 Å². The molecule has 2 rings (SSSR count). The van der Waals surface area contributed by atoms with Gasteiger partial charge in [-0.1, -0.05) is 24.9 Å². The first-order valence-corrected chi connectivity index (χ1v) is 7.64. The van der Waals surface area contributed by atoms with Crippen molar-refractivity contribution in [2.24, 2.45) is 16.8 Å². The van der Waals surface area contributed by atoms with Gasteiger partial charge in [-0.05, 0) is 38.7 Å². The molecule has 0 saturated heterocycles. The third-order valence-electron chi connectivity index (χ3n) is 4.62. The Kier molecular flexibility index (Phi) is 4.70. The molecule has 1 aliphatic carbocycles. The highest BCUT2D eigenvalue weighted by Gasteiger charge is 2.27. The number of rotatable bonds is 3. The fourth-order valence-electron chi connectivity index (χ4n) is 3.50. The van der Waals surface area contributed by atoms with Crippen LogP contribution in [-0.2, 0) is 0 Å². The fourth-order valence-corrected chi connectivity index (χ4v) is 3.50. The van der Waals surface area contributed by atoms with Gasteiger partial charge in [0, 0.05) is 18.8 Å². The van der Waals surface area contributed by atoms with Crippen LogP contribution < -0.4 is 10.6 Å². The van der Waals surface area contributed by atoms with E-state index in [1.54, 1.807) is 0 Å². The number of nitrogens with two attached hydrogens (primary N) is 1. The number of hydrogen-bond donors (Lipinski definition) is 2. The Morgan fingerprint density at radius 2 is 2.05 bits per heavy atom. The lowest BCUT2D eigenvalue weighted by molar-refractivity contribution is 0.318. The van der Waals surface area contributed by atoms with Crippen molar-refractivity contribution in [3.05, 3.63) is 23.0 Å². The smallest absolute Gasteiger partial charge is 0.174 e. The Bertz CT molecular complexity index is 541. The van der Waals surface area contributed by atoms with Crippen LogP contribution in [-0.4, -0.2) is 29.1 Å². The molecule has 0 spiro atoms. The summed E-state index contributed by atoms with van der Waals surface area (Å²) in [6, 6.07) is 2.52. The predicted octanol–water partition coefficient (Wildman–Crippen LogP) is 2.81. The molecule has 0 bridgehead atoms. The Morgan fingerprint density at radius 3 is 2.67 bits per heavy atom. The molecule has 116 valence electrons. The Morgan fingerprint density at radius 1 is 1.38 bits per heavy atom. The van der Waals surface area contributed by atoms with Gasteiger partial charge in [-0.3, -0.25) is 4.98 Å². The highest BCUT2D eigenvalue weighted by molar-refractivity contribution is 6.03. The van der Waals surface area contributed by atoms with Crippen LogP contribution in [0.2, 0.25) is 0 Å². The second kappa shape index (κ2) is 6.33. The molecule has 0 amide bonds. The summed E-state index contributed by atoms with van der Waals surface area (Å²) in [6.07, 6.45) is 5.03. The van der Waals surface area contributed by atoms with E-state index in [1.807, 2.05) is 19.9 Å². The number of aryl methyl sites for hydroxylation is 2. The van der Waals surface area contributed by atoms with Crippen LogP contribution in [0.5, 0.6) is 0 Å². The molecule has 1 aromatic rings. The number of hydrogen-bond acceptors (Lipinski definition) is 4. The van der Waals surface area contributed by atoms with Gasteiger partial charge >= 0.3 is 0 Å². The van der Waals surface area contributed by atoms with E-state index >= 15 is 0 Å². The molecule has 5 nitrogen and oxygen atoms in total. The molecular formula is C16H26N4O. The lowest BCUT2D eigenvalue weighted by Gasteiger charge is -2.38. The van der Waals surface area contributed by atoms with Crippen LogP contribution >= 0.6 is 0 Å². The summed E-state index contributed by atoms with van der Waals surface area (Å²) in [4.78, 5) is 6.74. The second-order valence-electron chi connectivity index (χ2n) is 6.17. The maximum absolute atomic E-state index is 9.07. The minimum absolute atomic E-state index is 0.130. The normalized spacial score (nSPS) is 23.1. The fraction of sp³-hybridized carbons (Fsp3) is 0.625. The van der Waals surface area contributed by atoms with E-state index < -0.39 is 0 Å². The first-order chi connectivity index (χ1) is 9.95. The molecule has 0 aliphatic heterocycles. The zero-order valence-electron chi connectivity index (χ0n) is 13.4. The van der Waals surface area contributed by atoms with E-state index in [9.17, 15) is 0 Å². The van der Waals surface area contributed by atoms with Gasteiger partial charge in [0.2, 0.25) is 0 Å². The largest absolute Gasteiger partial charge is 0.409 e. The monoisotopic (exact) mass is 290 g/mol. The van der Waals surface area contributed by atoms with E-state index in [1.165, 1.54) is 25.7 Å². The van der Waals surface area contributed by atoms with E-state index in [4.69, 9.17) is 10.9 Å². The number of oxime groups is 1. The van der Waals surface area contributed by atoms with Crippen LogP contribution in [0, 0.1) is 19.8 Å². The van der Waals surface area contributed by atoms with Crippen molar-refractivity contribution in [1.82, 2.24) is 4.98 Å². The molecule has 21 heavy (non-hydrogen) atoms. The minimum Gasteiger partial charge on any atom is -0.409 e. The maximum atomic E-state index is 9.07. The van der Waals surface area contributed by atoms with Crippen molar-refractivity contribution in [3.63, 3.8) is 0 Å². The summed E-state index contributed by atoms with van der Waals surface area (Å²) in [5, 5.41) is 12.3. The summed E-state index contributed by atoms with van der Waals surface area (Å²) >= 11 is 0. The summed E-state index contributed by atoms with van der Waals surface area (Å²) in [7, 11) is 2.11. The maximum Gasteiger partial charge on any atom is 0.174 e. The van der Waals surface area contributed by atoms with Gasteiger partial charge in [-0.2, -0.15) is 0 Å². The van der Waals surface area contributed by atoms with Crippen molar-refractivity contribution in [2.75, 3.05) is 11.9 Å². The highest BCUT2D eigenvalue weighted by atomic mass is 16.4. The van der Waals surface area contributed by atoms with Gasteiger partial charge in [0.1, 0.15) is 0 Å². The molecule has 1 heterocycles. The topological polar surface area (TPSA) is 74.7 Å². The number of anilines is 1. The Labute approximate surface area is 126 Å². The second-order valence-corrected chi connectivity index (χ2v) is 6.17. The van der Waals surface area contributed by atoms with Gasteiger partial charge in [0.25, 0.3) is 0 Å². The zero-order valence-corrected chi connectivity index (χ0v) is 13.4. The quantitative estimate of drug-likeness (QED) is 0.388. The molecule has 0 aromatic carbocycles.